The van der Waals surface area contributed by atoms with Gasteiger partial charge < -0.3 is 10.4 Å². The Bertz CT molecular complexity index is 696. The summed E-state index contributed by atoms with van der Waals surface area (Å²) in [5.41, 5.74) is 0.0474. The average molecular weight is 349 g/mol. The first kappa shape index (κ1) is 17.0. The van der Waals surface area contributed by atoms with E-state index in [0.29, 0.717) is 24.4 Å². The number of aliphatic hydroxyl groups is 1. The van der Waals surface area contributed by atoms with Crippen LogP contribution in [0.15, 0.2) is 24.3 Å². The molecule has 2 N–H and O–H groups in total. The molecule has 1 aromatic heterocycles. The van der Waals surface area contributed by atoms with Gasteiger partial charge in [-0.3, -0.25) is 4.79 Å². The Morgan fingerprint density at radius 3 is 2.62 bits per heavy atom. The van der Waals surface area contributed by atoms with Crippen LogP contribution in [0.5, 0.6) is 0 Å². The SMILES string of the molecule is O=C(CC1(O)CCCCC1)Nc1nnc(Cc2ccc(F)cc2)s1. The second kappa shape index (κ2) is 7.36. The van der Waals surface area contributed by atoms with E-state index >= 15 is 0 Å². The molecule has 1 heterocycles. The predicted octanol–water partition coefficient (Wildman–Crippen LogP) is 3.29. The van der Waals surface area contributed by atoms with Crippen molar-refractivity contribution in [2.24, 2.45) is 0 Å². The van der Waals surface area contributed by atoms with Gasteiger partial charge in [0, 0.05) is 6.42 Å². The van der Waals surface area contributed by atoms with Crippen LogP contribution >= 0.6 is 11.3 Å². The molecular formula is C17H20FN3O2S. The van der Waals surface area contributed by atoms with Gasteiger partial charge in [0.2, 0.25) is 11.0 Å². The minimum atomic E-state index is -0.885. The topological polar surface area (TPSA) is 75.1 Å². The summed E-state index contributed by atoms with van der Waals surface area (Å²) < 4.78 is 12.9. The first-order chi connectivity index (χ1) is 11.5. The van der Waals surface area contributed by atoms with Gasteiger partial charge in [0.05, 0.1) is 12.0 Å². The van der Waals surface area contributed by atoms with E-state index in [4.69, 9.17) is 0 Å². The lowest BCUT2D eigenvalue weighted by atomic mass is 9.82. The van der Waals surface area contributed by atoms with Crippen molar-refractivity contribution in [3.05, 3.63) is 40.7 Å². The van der Waals surface area contributed by atoms with E-state index < -0.39 is 5.60 Å². The number of hydrogen-bond acceptors (Lipinski definition) is 5. The minimum Gasteiger partial charge on any atom is -0.389 e. The summed E-state index contributed by atoms with van der Waals surface area (Å²) in [5, 5.41) is 22.3. The zero-order chi connectivity index (χ0) is 17.0. The Kier molecular flexibility index (Phi) is 5.20. The highest BCUT2D eigenvalue weighted by atomic mass is 32.1. The standard InChI is InChI=1S/C17H20FN3O2S/c18-13-6-4-12(5-7-13)10-15-20-21-16(24-15)19-14(22)11-17(23)8-2-1-3-9-17/h4-7,23H,1-3,8-11H2,(H,19,21,22). The summed E-state index contributed by atoms with van der Waals surface area (Å²) in [6.45, 7) is 0. The Labute approximate surface area is 143 Å². The van der Waals surface area contributed by atoms with Crippen molar-refractivity contribution < 1.29 is 14.3 Å². The molecule has 1 amide bonds. The van der Waals surface area contributed by atoms with Crippen LogP contribution in [0.3, 0.4) is 0 Å². The zero-order valence-corrected chi connectivity index (χ0v) is 14.1. The van der Waals surface area contributed by atoms with E-state index in [1.807, 2.05) is 0 Å². The maximum Gasteiger partial charge on any atom is 0.229 e. The number of anilines is 1. The van der Waals surface area contributed by atoms with Crippen molar-refractivity contribution in [1.82, 2.24) is 10.2 Å². The Morgan fingerprint density at radius 2 is 1.92 bits per heavy atom. The summed E-state index contributed by atoms with van der Waals surface area (Å²) in [4.78, 5) is 12.1. The zero-order valence-electron chi connectivity index (χ0n) is 13.3. The van der Waals surface area contributed by atoms with Crippen LogP contribution in [0.2, 0.25) is 0 Å². The number of nitrogens with zero attached hydrogens (tertiary/aromatic N) is 2. The Balaban J connectivity index is 1.55. The third-order valence-corrected chi connectivity index (χ3v) is 5.09. The quantitative estimate of drug-likeness (QED) is 0.868. The highest BCUT2D eigenvalue weighted by Crippen LogP contribution is 2.31. The number of carbonyl (C=O) groups is 1. The molecule has 1 saturated carbocycles. The van der Waals surface area contributed by atoms with Crippen molar-refractivity contribution in [3.63, 3.8) is 0 Å². The number of hydrogen-bond donors (Lipinski definition) is 2. The molecule has 24 heavy (non-hydrogen) atoms. The monoisotopic (exact) mass is 349 g/mol. The van der Waals surface area contributed by atoms with E-state index in [2.05, 4.69) is 15.5 Å². The van der Waals surface area contributed by atoms with Gasteiger partial charge in [0.15, 0.2) is 0 Å². The van der Waals surface area contributed by atoms with Gasteiger partial charge in [0.25, 0.3) is 0 Å². The van der Waals surface area contributed by atoms with Crippen LogP contribution in [0.1, 0.15) is 49.1 Å². The molecule has 2 aromatic rings. The maximum absolute atomic E-state index is 12.9. The second-order valence-electron chi connectivity index (χ2n) is 6.31. The third kappa shape index (κ3) is 4.58. The van der Waals surface area contributed by atoms with Crippen molar-refractivity contribution in [2.75, 3.05) is 5.32 Å². The highest BCUT2D eigenvalue weighted by Gasteiger charge is 2.31. The average Bonchev–Trinajstić information content (AvgIpc) is 2.96. The molecule has 0 aliphatic heterocycles. The molecule has 1 aromatic carbocycles. The van der Waals surface area contributed by atoms with Crippen LogP contribution in [-0.4, -0.2) is 26.8 Å². The van der Waals surface area contributed by atoms with Gasteiger partial charge in [-0.25, -0.2) is 4.39 Å². The first-order valence-electron chi connectivity index (χ1n) is 8.11. The summed E-state index contributed by atoms with van der Waals surface area (Å²) in [6, 6.07) is 6.22. The molecule has 0 radical (unpaired) electrons. The number of carbonyl (C=O) groups excluding carboxylic acids is 1. The number of amides is 1. The van der Waals surface area contributed by atoms with Crippen LogP contribution in [0.4, 0.5) is 9.52 Å². The molecule has 1 aliphatic rings. The molecule has 0 unspecified atom stereocenters. The number of aromatic nitrogens is 2. The normalized spacial score (nSPS) is 16.8. The fourth-order valence-corrected chi connectivity index (χ4v) is 3.79. The Hall–Kier alpha value is -1.86. The van der Waals surface area contributed by atoms with Crippen molar-refractivity contribution in [1.29, 1.82) is 0 Å². The fraction of sp³-hybridized carbons (Fsp3) is 0.471. The Morgan fingerprint density at radius 1 is 1.21 bits per heavy atom. The third-order valence-electron chi connectivity index (χ3n) is 4.26. The number of nitrogens with one attached hydrogen (secondary N) is 1. The molecular weight excluding hydrogens is 329 g/mol. The van der Waals surface area contributed by atoms with E-state index in [1.54, 1.807) is 12.1 Å². The van der Waals surface area contributed by atoms with Gasteiger partial charge in [-0.2, -0.15) is 0 Å². The van der Waals surface area contributed by atoms with E-state index in [9.17, 15) is 14.3 Å². The largest absolute Gasteiger partial charge is 0.389 e. The van der Waals surface area contributed by atoms with Gasteiger partial charge >= 0.3 is 0 Å². The van der Waals surface area contributed by atoms with Gasteiger partial charge in [-0.1, -0.05) is 42.7 Å². The molecule has 0 spiro atoms. The number of rotatable bonds is 5. The lowest BCUT2D eigenvalue weighted by Crippen LogP contribution is -2.35. The van der Waals surface area contributed by atoms with E-state index in [0.717, 1.165) is 29.8 Å². The van der Waals surface area contributed by atoms with Gasteiger partial charge in [-0.05, 0) is 30.5 Å². The smallest absolute Gasteiger partial charge is 0.229 e. The number of benzene rings is 1. The molecule has 1 fully saturated rings. The summed E-state index contributed by atoms with van der Waals surface area (Å²) in [6.07, 6.45) is 5.03. The minimum absolute atomic E-state index is 0.0971. The summed E-state index contributed by atoms with van der Waals surface area (Å²) in [5.74, 6) is -0.506. The van der Waals surface area contributed by atoms with Crippen LogP contribution in [0.25, 0.3) is 0 Å². The molecule has 3 rings (SSSR count). The van der Waals surface area contributed by atoms with Gasteiger partial charge in [0.1, 0.15) is 10.8 Å². The van der Waals surface area contributed by atoms with Crippen LogP contribution in [0, 0.1) is 5.82 Å². The lowest BCUT2D eigenvalue weighted by Gasteiger charge is -2.31. The molecule has 5 nitrogen and oxygen atoms in total. The van der Waals surface area contributed by atoms with Crippen LogP contribution < -0.4 is 5.32 Å². The van der Waals surface area contributed by atoms with Crippen molar-refractivity contribution >= 4 is 22.4 Å². The lowest BCUT2D eigenvalue weighted by molar-refractivity contribution is -0.122. The molecule has 128 valence electrons. The molecule has 1 aliphatic carbocycles. The summed E-state index contributed by atoms with van der Waals surface area (Å²) in [7, 11) is 0. The molecule has 0 bridgehead atoms. The highest BCUT2D eigenvalue weighted by molar-refractivity contribution is 7.15. The molecule has 0 atom stereocenters. The van der Waals surface area contributed by atoms with E-state index in [-0.39, 0.29) is 18.1 Å². The molecule has 7 heteroatoms. The first-order valence-corrected chi connectivity index (χ1v) is 8.93. The number of halogens is 1. The maximum atomic E-state index is 12.9. The predicted molar refractivity (Wildman–Crippen MR) is 90.4 cm³/mol. The fourth-order valence-electron chi connectivity index (χ4n) is 3.00. The van der Waals surface area contributed by atoms with Crippen molar-refractivity contribution in [2.45, 2.75) is 50.5 Å². The second-order valence-corrected chi connectivity index (χ2v) is 7.38. The van der Waals surface area contributed by atoms with Gasteiger partial charge in [-0.15, -0.1) is 10.2 Å². The van der Waals surface area contributed by atoms with E-state index in [1.165, 1.54) is 23.5 Å². The van der Waals surface area contributed by atoms with Crippen molar-refractivity contribution in [3.8, 4) is 0 Å². The molecule has 0 saturated heterocycles. The summed E-state index contributed by atoms with van der Waals surface area (Å²) >= 11 is 1.29. The van der Waals surface area contributed by atoms with Crippen LogP contribution in [-0.2, 0) is 11.2 Å².